The summed E-state index contributed by atoms with van der Waals surface area (Å²) in [6.45, 7) is 3.50. The molecule has 35 heavy (non-hydrogen) atoms. The topological polar surface area (TPSA) is 180 Å². The highest BCUT2D eigenvalue weighted by Crippen LogP contribution is 2.01. The molecule has 0 unspecified atom stereocenters. The Morgan fingerprint density at radius 1 is 0.657 bits per heavy atom. The Kier molecular flexibility index (Phi) is 14.5. The number of aliphatic carboxylic acids is 3. The summed E-state index contributed by atoms with van der Waals surface area (Å²) < 4.78 is 4.93. The first kappa shape index (κ1) is 30.2. The maximum Gasteiger partial charge on any atom is 0.325 e. The lowest BCUT2D eigenvalue weighted by molar-refractivity contribution is -0.144. The molecule has 1 fully saturated rings. The van der Waals surface area contributed by atoms with Crippen molar-refractivity contribution in [2.24, 2.45) is 0 Å². The highest BCUT2D eigenvalue weighted by atomic mass is 16.5. The molecule has 1 aliphatic heterocycles. The van der Waals surface area contributed by atoms with Gasteiger partial charge in [0, 0.05) is 52.4 Å². The second-order valence-corrected chi connectivity index (χ2v) is 8.28. The molecule has 1 aliphatic rings. The molecule has 0 saturated carbocycles. The molecule has 200 valence electrons. The van der Waals surface area contributed by atoms with Crippen LogP contribution in [0.5, 0.6) is 0 Å². The van der Waals surface area contributed by atoms with Crippen LogP contribution >= 0.6 is 0 Å². The van der Waals surface area contributed by atoms with E-state index < -0.39 is 29.8 Å². The number of esters is 1. The van der Waals surface area contributed by atoms with Gasteiger partial charge in [0.05, 0.1) is 32.8 Å². The zero-order chi connectivity index (χ0) is 26.2. The molecule has 1 heterocycles. The van der Waals surface area contributed by atoms with Crippen LogP contribution in [-0.2, 0) is 28.7 Å². The van der Waals surface area contributed by atoms with Gasteiger partial charge in [0.25, 0.3) is 0 Å². The zero-order valence-corrected chi connectivity index (χ0v) is 20.2. The SMILES string of the molecule is CCCOC(=O)CNC(=O)CN1CCN(CC(=O)O)CCN(CC(=O)O)CCN(CC(=O)O)CC1. The number of carboxylic acids is 3. The molecule has 4 N–H and O–H groups in total. The lowest BCUT2D eigenvalue weighted by Crippen LogP contribution is -2.50. The molecule has 14 heteroatoms. The Morgan fingerprint density at radius 3 is 1.31 bits per heavy atom. The molecular weight excluding hydrogens is 466 g/mol. The number of amides is 1. The summed E-state index contributed by atoms with van der Waals surface area (Å²) in [5.74, 6) is -4.02. The fraction of sp³-hybridized carbons (Fsp3) is 0.762. The number of hydrogen-bond donors (Lipinski definition) is 4. The van der Waals surface area contributed by atoms with Gasteiger partial charge in [-0.05, 0) is 6.42 Å². The number of carbonyl (C=O) groups excluding carboxylic acids is 2. The van der Waals surface area contributed by atoms with Gasteiger partial charge >= 0.3 is 23.9 Å². The largest absolute Gasteiger partial charge is 0.480 e. The number of nitrogens with zero attached hydrogens (tertiary/aromatic N) is 4. The summed E-state index contributed by atoms with van der Waals surface area (Å²) in [7, 11) is 0. The second-order valence-electron chi connectivity index (χ2n) is 8.28. The summed E-state index contributed by atoms with van der Waals surface area (Å²) in [4.78, 5) is 64.6. The molecule has 1 rings (SSSR count). The summed E-state index contributed by atoms with van der Waals surface area (Å²) >= 11 is 0. The minimum absolute atomic E-state index is 0.0615. The van der Waals surface area contributed by atoms with E-state index in [1.165, 1.54) is 0 Å². The highest BCUT2D eigenvalue weighted by Gasteiger charge is 2.21. The van der Waals surface area contributed by atoms with Crippen molar-refractivity contribution in [2.75, 3.05) is 91.7 Å². The molecule has 1 amide bonds. The van der Waals surface area contributed by atoms with Crippen LogP contribution in [0.25, 0.3) is 0 Å². The number of carbonyl (C=O) groups is 5. The summed E-state index contributed by atoms with van der Waals surface area (Å²) in [6.07, 6.45) is 0.668. The number of nitrogens with one attached hydrogen (secondary N) is 1. The van der Waals surface area contributed by atoms with E-state index in [-0.39, 0.29) is 39.3 Å². The lowest BCUT2D eigenvalue weighted by atomic mass is 10.3. The molecule has 0 aromatic carbocycles. The summed E-state index contributed by atoms with van der Waals surface area (Å²) in [5.41, 5.74) is 0. The van der Waals surface area contributed by atoms with E-state index >= 15 is 0 Å². The minimum Gasteiger partial charge on any atom is -0.480 e. The van der Waals surface area contributed by atoms with Crippen LogP contribution in [0, 0.1) is 0 Å². The van der Waals surface area contributed by atoms with Crippen molar-refractivity contribution in [1.82, 2.24) is 24.9 Å². The average molecular weight is 504 g/mol. The van der Waals surface area contributed by atoms with E-state index in [2.05, 4.69) is 5.32 Å². The van der Waals surface area contributed by atoms with Crippen molar-refractivity contribution in [2.45, 2.75) is 13.3 Å². The molecule has 0 aliphatic carbocycles. The van der Waals surface area contributed by atoms with E-state index in [9.17, 15) is 39.3 Å². The Balaban J connectivity index is 2.86. The molecule has 0 radical (unpaired) electrons. The minimum atomic E-state index is -1.03. The van der Waals surface area contributed by atoms with Crippen LogP contribution in [0.15, 0.2) is 0 Å². The molecule has 0 aromatic rings. The number of carboxylic acid groups (broad SMARTS) is 3. The molecular formula is C21H37N5O9. The third-order valence-corrected chi connectivity index (χ3v) is 5.27. The molecule has 0 atom stereocenters. The van der Waals surface area contributed by atoms with Gasteiger partial charge in [0.1, 0.15) is 6.54 Å². The van der Waals surface area contributed by atoms with Gasteiger partial charge in [0.15, 0.2) is 0 Å². The normalized spacial score (nSPS) is 17.6. The van der Waals surface area contributed by atoms with Gasteiger partial charge < -0.3 is 25.4 Å². The smallest absolute Gasteiger partial charge is 0.325 e. The first-order valence-corrected chi connectivity index (χ1v) is 11.6. The highest BCUT2D eigenvalue weighted by molar-refractivity contribution is 5.83. The lowest BCUT2D eigenvalue weighted by Gasteiger charge is -2.32. The number of rotatable bonds is 12. The summed E-state index contributed by atoms with van der Waals surface area (Å²) in [5, 5.41) is 30.2. The van der Waals surface area contributed by atoms with Gasteiger partial charge in [-0.25, -0.2) is 0 Å². The van der Waals surface area contributed by atoms with Crippen LogP contribution in [-0.4, -0.2) is 156 Å². The van der Waals surface area contributed by atoms with Crippen molar-refractivity contribution < 1.29 is 44.0 Å². The van der Waals surface area contributed by atoms with Crippen LogP contribution in [0.4, 0.5) is 0 Å². The monoisotopic (exact) mass is 503 g/mol. The second kappa shape index (κ2) is 16.8. The van der Waals surface area contributed by atoms with E-state index in [0.29, 0.717) is 58.8 Å². The molecule has 1 saturated heterocycles. The molecule has 0 bridgehead atoms. The first-order valence-electron chi connectivity index (χ1n) is 11.6. The van der Waals surface area contributed by atoms with Crippen LogP contribution in [0.2, 0.25) is 0 Å². The standard InChI is InChI=1S/C21H37N5O9/c1-2-11-35-21(34)12-22-17(27)13-23-3-5-24(14-18(28)29)7-9-26(16-20(32)33)10-8-25(6-4-23)15-19(30)31/h2-16H2,1H3,(H,22,27)(H,28,29)(H,30,31)(H,32,33). The molecule has 0 aromatic heterocycles. The van der Waals surface area contributed by atoms with Gasteiger partial charge in [-0.3, -0.25) is 43.6 Å². The Bertz CT molecular complexity index is 689. The summed E-state index contributed by atoms with van der Waals surface area (Å²) in [6, 6.07) is 0. The third-order valence-electron chi connectivity index (χ3n) is 5.27. The number of ether oxygens (including phenoxy) is 1. The Morgan fingerprint density at radius 2 is 1.00 bits per heavy atom. The maximum atomic E-state index is 12.4. The van der Waals surface area contributed by atoms with Crippen molar-refractivity contribution in [3.8, 4) is 0 Å². The number of hydrogen-bond acceptors (Lipinski definition) is 10. The van der Waals surface area contributed by atoms with Crippen molar-refractivity contribution in [3.05, 3.63) is 0 Å². The Labute approximate surface area is 204 Å². The fourth-order valence-corrected chi connectivity index (χ4v) is 3.48. The maximum absolute atomic E-state index is 12.4. The average Bonchev–Trinajstić information content (AvgIpc) is 2.76. The van der Waals surface area contributed by atoms with Crippen LogP contribution in [0.1, 0.15) is 13.3 Å². The van der Waals surface area contributed by atoms with E-state index in [1.54, 1.807) is 19.6 Å². The van der Waals surface area contributed by atoms with Gasteiger partial charge in [-0.1, -0.05) is 6.92 Å². The predicted molar refractivity (Wildman–Crippen MR) is 123 cm³/mol. The van der Waals surface area contributed by atoms with Crippen molar-refractivity contribution >= 4 is 29.8 Å². The van der Waals surface area contributed by atoms with Crippen molar-refractivity contribution in [1.29, 1.82) is 0 Å². The first-order chi connectivity index (χ1) is 16.6. The van der Waals surface area contributed by atoms with E-state index in [0.717, 1.165) is 0 Å². The van der Waals surface area contributed by atoms with Gasteiger partial charge in [-0.15, -0.1) is 0 Å². The van der Waals surface area contributed by atoms with E-state index in [1.807, 2.05) is 6.92 Å². The predicted octanol–water partition coefficient (Wildman–Crippen LogP) is -2.47. The molecule has 14 nitrogen and oxygen atoms in total. The Hall–Kier alpha value is -2.81. The quantitative estimate of drug-likeness (QED) is 0.206. The van der Waals surface area contributed by atoms with Gasteiger partial charge in [0.2, 0.25) is 5.91 Å². The van der Waals surface area contributed by atoms with Crippen LogP contribution < -0.4 is 5.32 Å². The van der Waals surface area contributed by atoms with Gasteiger partial charge in [-0.2, -0.15) is 0 Å². The van der Waals surface area contributed by atoms with Crippen molar-refractivity contribution in [3.63, 3.8) is 0 Å². The van der Waals surface area contributed by atoms with E-state index in [4.69, 9.17) is 4.74 Å². The fourth-order valence-electron chi connectivity index (χ4n) is 3.48. The third kappa shape index (κ3) is 14.9. The van der Waals surface area contributed by atoms with Crippen LogP contribution in [0.3, 0.4) is 0 Å². The zero-order valence-electron chi connectivity index (χ0n) is 20.2. The molecule has 0 spiro atoms.